The summed E-state index contributed by atoms with van der Waals surface area (Å²) in [5.41, 5.74) is 2.15. The number of benzene rings is 1. The van der Waals surface area contributed by atoms with E-state index in [1.807, 2.05) is 22.8 Å². The predicted octanol–water partition coefficient (Wildman–Crippen LogP) is 1.97. The average molecular weight is 268 g/mol. The molecule has 6 heteroatoms. The van der Waals surface area contributed by atoms with Gasteiger partial charge in [-0.1, -0.05) is 0 Å². The van der Waals surface area contributed by atoms with Gasteiger partial charge in [-0.3, -0.25) is 0 Å². The molecule has 1 aromatic carbocycles. The zero-order chi connectivity index (χ0) is 13.5. The molecule has 0 fully saturated rings. The second-order valence-electron chi connectivity index (χ2n) is 4.74. The summed E-state index contributed by atoms with van der Waals surface area (Å²) in [5, 5.41) is 12.6. The largest absolute Gasteiger partial charge is 0.454 e. The summed E-state index contributed by atoms with van der Waals surface area (Å²) < 4.78 is 12.6. The third-order valence-corrected chi connectivity index (χ3v) is 3.56. The Morgan fingerprint density at radius 3 is 3.10 bits per heavy atom. The Morgan fingerprint density at radius 1 is 1.30 bits per heavy atom. The van der Waals surface area contributed by atoms with Gasteiger partial charge in [0.2, 0.25) is 12.7 Å². The number of ether oxygens (including phenoxy) is 2. The lowest BCUT2D eigenvalue weighted by molar-refractivity contribution is 0.174. The van der Waals surface area contributed by atoms with Crippen LogP contribution in [-0.4, -0.2) is 22.9 Å². The van der Waals surface area contributed by atoms with Crippen molar-refractivity contribution in [3.63, 3.8) is 0 Å². The second kappa shape index (κ2) is 4.17. The highest BCUT2D eigenvalue weighted by atomic mass is 16.7. The molecule has 0 amide bonds. The smallest absolute Gasteiger partial charge is 0.231 e. The molecule has 1 N–H and O–H groups in total. The van der Waals surface area contributed by atoms with E-state index < -0.39 is 0 Å². The van der Waals surface area contributed by atoms with Crippen molar-refractivity contribution in [2.24, 2.45) is 0 Å². The Morgan fingerprint density at radius 2 is 2.20 bits per heavy atom. The molecule has 4 rings (SSSR count). The lowest BCUT2D eigenvalue weighted by Crippen LogP contribution is -2.18. The van der Waals surface area contributed by atoms with E-state index in [2.05, 4.69) is 16.4 Å². The Kier molecular flexibility index (Phi) is 2.33. The molecule has 0 unspecified atom stereocenters. The Hall–Kier alpha value is -2.68. The molecule has 1 aromatic heterocycles. The standard InChI is InChI=1S/C14H12N4O2/c15-7-10-13(17-14-16-4-1-5-18(10)14)9-2-3-11-12(6-9)20-8-19-11/h2-3,6H,1,4-5,8H2,(H,16,17). The fourth-order valence-corrected chi connectivity index (χ4v) is 2.60. The van der Waals surface area contributed by atoms with Crippen LogP contribution in [0.3, 0.4) is 0 Å². The van der Waals surface area contributed by atoms with E-state index in [1.165, 1.54) is 0 Å². The molecule has 0 saturated heterocycles. The van der Waals surface area contributed by atoms with Crippen LogP contribution in [0.15, 0.2) is 18.2 Å². The van der Waals surface area contributed by atoms with Crippen LogP contribution < -0.4 is 14.8 Å². The molecule has 0 atom stereocenters. The molecule has 0 aliphatic carbocycles. The van der Waals surface area contributed by atoms with Gasteiger partial charge in [0.05, 0.1) is 0 Å². The highest BCUT2D eigenvalue weighted by molar-refractivity contribution is 5.71. The summed E-state index contributed by atoms with van der Waals surface area (Å²) in [6, 6.07) is 7.89. The molecule has 0 spiro atoms. The fraction of sp³-hybridized carbons (Fsp3) is 0.286. The van der Waals surface area contributed by atoms with E-state index in [9.17, 15) is 5.26 Å². The maximum Gasteiger partial charge on any atom is 0.231 e. The first kappa shape index (κ1) is 11.2. The summed E-state index contributed by atoms with van der Waals surface area (Å²) in [6.45, 7) is 1.95. The monoisotopic (exact) mass is 268 g/mol. The van der Waals surface area contributed by atoms with Crippen molar-refractivity contribution in [1.82, 2.24) is 9.55 Å². The molecular weight excluding hydrogens is 256 g/mol. The number of nitrogens with one attached hydrogen (secondary N) is 1. The first-order chi connectivity index (χ1) is 9.86. The van der Waals surface area contributed by atoms with Crippen LogP contribution in [0.25, 0.3) is 11.3 Å². The van der Waals surface area contributed by atoms with E-state index >= 15 is 0 Å². The van der Waals surface area contributed by atoms with Crippen LogP contribution in [0.2, 0.25) is 0 Å². The van der Waals surface area contributed by atoms with Crippen molar-refractivity contribution >= 4 is 5.95 Å². The van der Waals surface area contributed by atoms with E-state index in [1.54, 1.807) is 0 Å². The molecule has 100 valence electrons. The van der Waals surface area contributed by atoms with Crippen LogP contribution in [0, 0.1) is 11.3 Å². The van der Waals surface area contributed by atoms with Crippen molar-refractivity contribution in [2.45, 2.75) is 13.0 Å². The van der Waals surface area contributed by atoms with Crippen molar-refractivity contribution < 1.29 is 9.47 Å². The molecule has 0 radical (unpaired) electrons. The number of nitriles is 1. The number of rotatable bonds is 1. The lowest BCUT2D eigenvalue weighted by Gasteiger charge is -2.15. The molecule has 2 aliphatic heterocycles. The molecule has 6 nitrogen and oxygen atoms in total. The number of aromatic nitrogens is 2. The van der Waals surface area contributed by atoms with Crippen molar-refractivity contribution in [3.8, 4) is 28.8 Å². The third-order valence-electron chi connectivity index (χ3n) is 3.56. The van der Waals surface area contributed by atoms with Gasteiger partial charge in [-0.2, -0.15) is 5.26 Å². The fourth-order valence-electron chi connectivity index (χ4n) is 2.60. The van der Waals surface area contributed by atoms with E-state index in [4.69, 9.17) is 9.47 Å². The molecule has 20 heavy (non-hydrogen) atoms. The van der Waals surface area contributed by atoms with Gasteiger partial charge in [0, 0.05) is 18.7 Å². The summed E-state index contributed by atoms with van der Waals surface area (Å²) >= 11 is 0. The van der Waals surface area contributed by atoms with Gasteiger partial charge in [0.1, 0.15) is 17.5 Å². The highest BCUT2D eigenvalue weighted by Gasteiger charge is 2.22. The first-order valence-electron chi connectivity index (χ1n) is 6.51. The summed E-state index contributed by atoms with van der Waals surface area (Å²) in [6.07, 6.45) is 0.999. The number of hydrogen-bond acceptors (Lipinski definition) is 5. The Labute approximate surface area is 115 Å². The number of hydrogen-bond donors (Lipinski definition) is 1. The quantitative estimate of drug-likeness (QED) is 0.856. The van der Waals surface area contributed by atoms with Gasteiger partial charge in [0.25, 0.3) is 0 Å². The Bertz CT molecular complexity index is 730. The van der Waals surface area contributed by atoms with E-state index in [-0.39, 0.29) is 6.79 Å². The number of nitrogens with zero attached hydrogens (tertiary/aromatic N) is 3. The van der Waals surface area contributed by atoms with E-state index in [0.29, 0.717) is 17.1 Å². The molecular formula is C14H12N4O2. The molecule has 2 aliphatic rings. The summed E-state index contributed by atoms with van der Waals surface area (Å²) in [4.78, 5) is 4.55. The minimum Gasteiger partial charge on any atom is -0.454 e. The van der Waals surface area contributed by atoms with Crippen molar-refractivity contribution in [2.75, 3.05) is 18.7 Å². The zero-order valence-corrected chi connectivity index (χ0v) is 10.7. The van der Waals surface area contributed by atoms with Crippen LogP contribution in [0.4, 0.5) is 5.95 Å². The second-order valence-corrected chi connectivity index (χ2v) is 4.74. The number of imidazole rings is 1. The van der Waals surface area contributed by atoms with E-state index in [0.717, 1.165) is 36.8 Å². The van der Waals surface area contributed by atoms with Gasteiger partial charge < -0.3 is 19.4 Å². The summed E-state index contributed by atoms with van der Waals surface area (Å²) in [5.74, 6) is 2.19. The maximum absolute atomic E-state index is 9.42. The number of fused-ring (bicyclic) bond motifs is 2. The zero-order valence-electron chi connectivity index (χ0n) is 10.7. The highest BCUT2D eigenvalue weighted by Crippen LogP contribution is 2.37. The summed E-state index contributed by atoms with van der Waals surface area (Å²) in [7, 11) is 0. The first-order valence-corrected chi connectivity index (χ1v) is 6.51. The molecule has 2 aromatic rings. The molecule has 3 heterocycles. The van der Waals surface area contributed by atoms with Gasteiger partial charge in [-0.25, -0.2) is 4.98 Å². The van der Waals surface area contributed by atoms with Crippen LogP contribution >= 0.6 is 0 Å². The predicted molar refractivity (Wildman–Crippen MR) is 71.6 cm³/mol. The lowest BCUT2D eigenvalue weighted by atomic mass is 10.1. The topological polar surface area (TPSA) is 72.1 Å². The van der Waals surface area contributed by atoms with Crippen LogP contribution in [-0.2, 0) is 6.54 Å². The van der Waals surface area contributed by atoms with Gasteiger partial charge >= 0.3 is 0 Å². The van der Waals surface area contributed by atoms with Gasteiger partial charge in [0.15, 0.2) is 11.5 Å². The van der Waals surface area contributed by atoms with Gasteiger partial charge in [-0.05, 0) is 24.6 Å². The number of anilines is 1. The normalized spacial score (nSPS) is 15.3. The van der Waals surface area contributed by atoms with Crippen LogP contribution in [0.1, 0.15) is 12.1 Å². The average Bonchev–Trinajstić information content (AvgIpc) is 3.10. The SMILES string of the molecule is N#Cc1c(-c2ccc3c(c2)OCO3)nc2n1CCCN2. The van der Waals surface area contributed by atoms with Crippen molar-refractivity contribution in [3.05, 3.63) is 23.9 Å². The molecule has 0 saturated carbocycles. The maximum atomic E-state index is 9.42. The van der Waals surface area contributed by atoms with Crippen molar-refractivity contribution in [1.29, 1.82) is 5.26 Å². The minimum absolute atomic E-state index is 0.241. The molecule has 0 bridgehead atoms. The third kappa shape index (κ3) is 1.53. The minimum atomic E-state index is 0.241. The Balaban J connectivity index is 1.86. The van der Waals surface area contributed by atoms with Gasteiger partial charge in [-0.15, -0.1) is 0 Å². The van der Waals surface area contributed by atoms with Crippen LogP contribution in [0.5, 0.6) is 11.5 Å².